The number of nitrogens with zero attached hydrogens (tertiary/aromatic N) is 4. The molecule has 1 aromatic carbocycles. The van der Waals surface area contributed by atoms with Crippen LogP contribution in [0.2, 0.25) is 0 Å². The number of rotatable bonds is 9. The maximum atomic E-state index is 13.2. The molecule has 0 fully saturated rings. The predicted molar refractivity (Wildman–Crippen MR) is 120 cm³/mol. The number of amides is 2. The SMILES string of the molecule is CCn1nccc1C(=O)Nc1cccc(NC(=O)c2ccc(Cn3nc(C(F)F)cc3C(F)F)o2)c1. The second-order valence-electron chi connectivity index (χ2n) is 7.54. The van der Waals surface area contributed by atoms with Gasteiger partial charge in [0.05, 0.1) is 6.54 Å². The predicted octanol–water partition coefficient (Wildman–Crippen LogP) is 5.12. The summed E-state index contributed by atoms with van der Waals surface area (Å²) in [5.74, 6) is -1.08. The van der Waals surface area contributed by atoms with Crippen LogP contribution in [0.25, 0.3) is 0 Å². The minimum Gasteiger partial charge on any atom is -0.454 e. The first-order valence-corrected chi connectivity index (χ1v) is 10.7. The van der Waals surface area contributed by atoms with Crippen LogP contribution >= 0.6 is 0 Å². The molecule has 3 heterocycles. The Labute approximate surface area is 201 Å². The molecule has 2 N–H and O–H groups in total. The highest BCUT2D eigenvalue weighted by atomic mass is 19.3. The summed E-state index contributed by atoms with van der Waals surface area (Å²) in [6.07, 6.45) is -4.50. The molecule has 188 valence electrons. The first kappa shape index (κ1) is 24.7. The van der Waals surface area contributed by atoms with Gasteiger partial charge in [0.25, 0.3) is 24.7 Å². The Bertz CT molecular complexity index is 1380. The molecule has 0 saturated carbocycles. The van der Waals surface area contributed by atoms with Crippen molar-refractivity contribution in [2.75, 3.05) is 10.6 Å². The van der Waals surface area contributed by atoms with E-state index >= 15 is 0 Å². The number of furan rings is 1. The lowest BCUT2D eigenvalue weighted by Gasteiger charge is -2.09. The third-order valence-electron chi connectivity index (χ3n) is 5.10. The molecule has 0 saturated heterocycles. The van der Waals surface area contributed by atoms with Gasteiger partial charge in [0.1, 0.15) is 22.8 Å². The summed E-state index contributed by atoms with van der Waals surface area (Å²) in [5, 5.41) is 12.9. The lowest BCUT2D eigenvalue weighted by atomic mass is 10.2. The summed E-state index contributed by atoms with van der Waals surface area (Å²) in [6, 6.07) is 11.3. The number of nitrogens with one attached hydrogen (secondary N) is 2. The number of aromatic nitrogens is 4. The van der Waals surface area contributed by atoms with Crippen LogP contribution in [0.1, 0.15) is 58.0 Å². The van der Waals surface area contributed by atoms with Crippen LogP contribution in [0.15, 0.2) is 59.1 Å². The van der Waals surface area contributed by atoms with Crippen molar-refractivity contribution in [2.45, 2.75) is 32.9 Å². The molecule has 2 amide bonds. The smallest absolute Gasteiger partial charge is 0.291 e. The maximum absolute atomic E-state index is 13.2. The van der Waals surface area contributed by atoms with E-state index in [1.807, 2.05) is 6.92 Å². The normalized spacial score (nSPS) is 11.3. The number of carbonyl (C=O) groups is 2. The molecule has 4 rings (SSSR count). The largest absolute Gasteiger partial charge is 0.454 e. The van der Waals surface area contributed by atoms with Gasteiger partial charge in [0.15, 0.2) is 5.76 Å². The number of hydrogen-bond donors (Lipinski definition) is 2. The number of alkyl halides is 4. The van der Waals surface area contributed by atoms with E-state index in [1.165, 1.54) is 29.1 Å². The molecule has 0 spiro atoms. The quantitative estimate of drug-likeness (QED) is 0.308. The molecular formula is C23H20F4N6O3. The molecule has 0 bridgehead atoms. The molecule has 0 aliphatic heterocycles. The average Bonchev–Trinajstić information content (AvgIpc) is 3.59. The van der Waals surface area contributed by atoms with Crippen molar-refractivity contribution < 1.29 is 31.6 Å². The van der Waals surface area contributed by atoms with Gasteiger partial charge in [-0.05, 0) is 49.4 Å². The van der Waals surface area contributed by atoms with Crippen LogP contribution in [0.4, 0.5) is 28.9 Å². The topological polar surface area (TPSA) is 107 Å². The van der Waals surface area contributed by atoms with Gasteiger partial charge in [-0.25, -0.2) is 17.6 Å². The van der Waals surface area contributed by atoms with Crippen molar-refractivity contribution in [1.29, 1.82) is 0 Å². The lowest BCUT2D eigenvalue weighted by Crippen LogP contribution is -2.17. The highest BCUT2D eigenvalue weighted by Crippen LogP contribution is 2.26. The third kappa shape index (κ3) is 5.45. The summed E-state index contributed by atoms with van der Waals surface area (Å²) in [4.78, 5) is 25.1. The van der Waals surface area contributed by atoms with E-state index in [9.17, 15) is 27.2 Å². The first-order chi connectivity index (χ1) is 17.2. The number of benzene rings is 1. The Morgan fingerprint density at radius 3 is 2.33 bits per heavy atom. The second-order valence-corrected chi connectivity index (χ2v) is 7.54. The molecule has 4 aromatic rings. The van der Waals surface area contributed by atoms with Crippen molar-refractivity contribution in [3.63, 3.8) is 0 Å². The van der Waals surface area contributed by atoms with Gasteiger partial charge in [-0.1, -0.05) is 6.07 Å². The van der Waals surface area contributed by atoms with E-state index in [4.69, 9.17) is 4.42 Å². The summed E-state index contributed by atoms with van der Waals surface area (Å²) >= 11 is 0. The third-order valence-corrected chi connectivity index (χ3v) is 5.10. The van der Waals surface area contributed by atoms with Gasteiger partial charge in [-0.15, -0.1) is 0 Å². The molecule has 36 heavy (non-hydrogen) atoms. The Balaban J connectivity index is 1.43. The molecule has 13 heteroatoms. The molecule has 0 unspecified atom stereocenters. The fraction of sp³-hybridized carbons (Fsp3) is 0.217. The summed E-state index contributed by atoms with van der Waals surface area (Å²) in [5.41, 5.74) is -0.305. The van der Waals surface area contributed by atoms with Gasteiger partial charge < -0.3 is 15.1 Å². The zero-order valence-electron chi connectivity index (χ0n) is 18.8. The molecule has 3 aromatic heterocycles. The van der Waals surface area contributed by atoms with Crippen LogP contribution in [0, 0.1) is 0 Å². The molecular weight excluding hydrogens is 484 g/mol. The number of carbonyl (C=O) groups excluding carboxylic acids is 2. The summed E-state index contributed by atoms with van der Waals surface area (Å²) in [7, 11) is 0. The Morgan fingerprint density at radius 2 is 1.67 bits per heavy atom. The summed E-state index contributed by atoms with van der Waals surface area (Å²) in [6.45, 7) is 2.01. The van der Waals surface area contributed by atoms with Crippen LogP contribution in [0.3, 0.4) is 0 Å². The Kier molecular flexibility index (Phi) is 7.17. The van der Waals surface area contributed by atoms with E-state index in [0.29, 0.717) is 34.4 Å². The number of hydrogen-bond acceptors (Lipinski definition) is 5. The number of anilines is 2. The van der Waals surface area contributed by atoms with Crippen LogP contribution in [-0.2, 0) is 13.1 Å². The Hall–Kier alpha value is -4.42. The van der Waals surface area contributed by atoms with Gasteiger partial charge >= 0.3 is 0 Å². The zero-order valence-corrected chi connectivity index (χ0v) is 18.8. The monoisotopic (exact) mass is 504 g/mol. The summed E-state index contributed by atoms with van der Waals surface area (Å²) < 4.78 is 59.7. The van der Waals surface area contributed by atoms with Gasteiger partial charge in [0.2, 0.25) is 0 Å². The van der Waals surface area contributed by atoms with Crippen LogP contribution in [-0.4, -0.2) is 31.4 Å². The van der Waals surface area contributed by atoms with E-state index in [0.717, 1.165) is 0 Å². The molecule has 9 nitrogen and oxygen atoms in total. The first-order valence-electron chi connectivity index (χ1n) is 10.7. The highest BCUT2D eigenvalue weighted by Gasteiger charge is 2.22. The van der Waals surface area contributed by atoms with E-state index < -0.39 is 30.1 Å². The zero-order chi connectivity index (χ0) is 25.8. The molecule has 0 aliphatic rings. The average molecular weight is 504 g/mol. The minimum absolute atomic E-state index is 0.0690. The lowest BCUT2D eigenvalue weighted by molar-refractivity contribution is 0.0992. The standard InChI is InChI=1S/C23H20F4N6O3/c1-2-32-17(8-9-28-32)22(34)29-13-4-3-5-14(10-13)30-23(35)19-7-6-15(36-19)12-33-18(21(26)27)11-16(31-33)20(24)25/h3-11,20-21H,2,12H2,1H3,(H,29,34)(H,30,35). The number of halogens is 4. The van der Waals surface area contributed by atoms with Crippen molar-refractivity contribution in [2.24, 2.45) is 0 Å². The van der Waals surface area contributed by atoms with Gasteiger partial charge in [-0.3, -0.25) is 19.0 Å². The van der Waals surface area contributed by atoms with Crippen molar-refractivity contribution in [1.82, 2.24) is 19.6 Å². The number of aryl methyl sites for hydroxylation is 1. The van der Waals surface area contributed by atoms with Crippen LogP contribution in [0.5, 0.6) is 0 Å². The minimum atomic E-state index is -3.02. The van der Waals surface area contributed by atoms with E-state index in [2.05, 4.69) is 20.8 Å². The second kappa shape index (κ2) is 10.5. The Morgan fingerprint density at radius 1 is 0.944 bits per heavy atom. The molecule has 0 radical (unpaired) electrons. The fourth-order valence-corrected chi connectivity index (χ4v) is 3.43. The van der Waals surface area contributed by atoms with Crippen molar-refractivity contribution in [3.8, 4) is 0 Å². The van der Waals surface area contributed by atoms with Gasteiger partial charge in [0, 0.05) is 24.1 Å². The van der Waals surface area contributed by atoms with E-state index in [1.54, 1.807) is 24.3 Å². The van der Waals surface area contributed by atoms with E-state index in [-0.39, 0.29) is 24.0 Å². The molecule has 0 atom stereocenters. The highest BCUT2D eigenvalue weighted by molar-refractivity contribution is 6.05. The molecule has 0 aliphatic carbocycles. The maximum Gasteiger partial charge on any atom is 0.291 e. The fourth-order valence-electron chi connectivity index (χ4n) is 3.43. The van der Waals surface area contributed by atoms with Gasteiger partial charge in [-0.2, -0.15) is 10.2 Å². The van der Waals surface area contributed by atoms with Crippen molar-refractivity contribution >= 4 is 23.2 Å². The van der Waals surface area contributed by atoms with Crippen LogP contribution < -0.4 is 10.6 Å². The van der Waals surface area contributed by atoms with Crippen molar-refractivity contribution in [3.05, 3.63) is 83.3 Å².